The summed E-state index contributed by atoms with van der Waals surface area (Å²) in [5.74, 6) is -0.192. The van der Waals surface area contributed by atoms with Crippen molar-refractivity contribution in [3.8, 4) is 6.07 Å². The molecule has 1 aromatic heterocycles. The molecule has 100 valence electrons. The lowest BCUT2D eigenvalue weighted by Crippen LogP contribution is -2.27. The minimum atomic E-state index is -0.192. The van der Waals surface area contributed by atoms with Gasteiger partial charge in [-0.2, -0.15) is 5.26 Å². The zero-order valence-electron chi connectivity index (χ0n) is 11.5. The average Bonchev–Trinajstić information content (AvgIpc) is 2.48. The maximum atomic E-state index is 12.2. The van der Waals surface area contributed by atoms with Gasteiger partial charge in [0.25, 0.3) is 5.91 Å². The fourth-order valence-corrected chi connectivity index (χ4v) is 1.85. The van der Waals surface area contributed by atoms with E-state index in [0.29, 0.717) is 17.8 Å². The number of rotatable bonds is 3. The molecule has 0 radical (unpaired) electrons. The molecule has 0 aliphatic heterocycles. The van der Waals surface area contributed by atoms with Crippen LogP contribution in [0.5, 0.6) is 0 Å². The molecule has 0 unspecified atom stereocenters. The van der Waals surface area contributed by atoms with Crippen LogP contribution in [0.4, 0.5) is 0 Å². The van der Waals surface area contributed by atoms with Gasteiger partial charge in [-0.25, -0.2) is 0 Å². The van der Waals surface area contributed by atoms with Crippen LogP contribution in [0.25, 0.3) is 0 Å². The van der Waals surface area contributed by atoms with Gasteiger partial charge in [0.2, 0.25) is 0 Å². The SMILES string of the molecule is Cc1ccc(CN(C)C(=O)c2cc(C#N)ccn2)cc1. The molecule has 2 aromatic rings. The molecule has 0 bridgehead atoms. The fraction of sp³-hybridized carbons (Fsp3) is 0.188. The Bertz CT molecular complexity index is 656. The number of benzene rings is 1. The highest BCUT2D eigenvalue weighted by Crippen LogP contribution is 2.09. The second kappa shape index (κ2) is 5.98. The number of nitriles is 1. The Morgan fingerprint density at radius 3 is 2.65 bits per heavy atom. The summed E-state index contributed by atoms with van der Waals surface area (Å²) >= 11 is 0. The van der Waals surface area contributed by atoms with Crippen molar-refractivity contribution >= 4 is 5.91 Å². The Kier molecular flexibility index (Phi) is 4.11. The highest BCUT2D eigenvalue weighted by Gasteiger charge is 2.13. The van der Waals surface area contributed by atoms with E-state index in [4.69, 9.17) is 5.26 Å². The molecule has 2 rings (SSSR count). The molecule has 0 atom stereocenters. The van der Waals surface area contributed by atoms with Crippen molar-refractivity contribution in [3.05, 3.63) is 65.0 Å². The summed E-state index contributed by atoms with van der Waals surface area (Å²) < 4.78 is 0. The van der Waals surface area contributed by atoms with E-state index in [9.17, 15) is 4.79 Å². The Labute approximate surface area is 118 Å². The zero-order valence-corrected chi connectivity index (χ0v) is 11.5. The van der Waals surface area contributed by atoms with Crippen molar-refractivity contribution in [2.45, 2.75) is 13.5 Å². The van der Waals surface area contributed by atoms with Crippen molar-refractivity contribution in [2.75, 3.05) is 7.05 Å². The van der Waals surface area contributed by atoms with Gasteiger partial charge in [0, 0.05) is 19.8 Å². The molecule has 4 nitrogen and oxygen atoms in total. The molecule has 0 spiro atoms. The van der Waals surface area contributed by atoms with Crippen LogP contribution in [0.3, 0.4) is 0 Å². The zero-order chi connectivity index (χ0) is 14.5. The summed E-state index contributed by atoms with van der Waals surface area (Å²) in [6.45, 7) is 2.54. The molecule has 0 aliphatic carbocycles. The van der Waals surface area contributed by atoms with E-state index in [2.05, 4.69) is 4.98 Å². The lowest BCUT2D eigenvalue weighted by Gasteiger charge is -2.17. The van der Waals surface area contributed by atoms with Crippen LogP contribution in [0.1, 0.15) is 27.2 Å². The summed E-state index contributed by atoms with van der Waals surface area (Å²) in [5.41, 5.74) is 2.97. The first kappa shape index (κ1) is 13.8. The van der Waals surface area contributed by atoms with Crippen molar-refractivity contribution in [1.82, 2.24) is 9.88 Å². The lowest BCUT2D eigenvalue weighted by molar-refractivity contribution is 0.0779. The summed E-state index contributed by atoms with van der Waals surface area (Å²) in [6.07, 6.45) is 1.48. The van der Waals surface area contributed by atoms with Crippen LogP contribution in [0, 0.1) is 18.3 Å². The highest BCUT2D eigenvalue weighted by atomic mass is 16.2. The Hall–Kier alpha value is -2.67. The second-order valence-corrected chi connectivity index (χ2v) is 4.69. The van der Waals surface area contributed by atoms with Gasteiger partial charge in [0.15, 0.2) is 0 Å². The molecule has 1 amide bonds. The van der Waals surface area contributed by atoms with E-state index in [1.54, 1.807) is 18.0 Å². The van der Waals surface area contributed by atoms with Crippen molar-refractivity contribution < 1.29 is 4.79 Å². The summed E-state index contributed by atoms with van der Waals surface area (Å²) in [6, 6.07) is 13.1. The number of carbonyl (C=O) groups excluding carboxylic acids is 1. The number of hydrogen-bond donors (Lipinski definition) is 0. The number of amides is 1. The maximum absolute atomic E-state index is 12.2. The van der Waals surface area contributed by atoms with Gasteiger partial charge in [-0.15, -0.1) is 0 Å². The number of nitrogens with zero attached hydrogens (tertiary/aromatic N) is 3. The quantitative estimate of drug-likeness (QED) is 0.857. The molecule has 0 N–H and O–H groups in total. The molecular weight excluding hydrogens is 250 g/mol. The Balaban J connectivity index is 2.12. The standard InChI is InChI=1S/C16H15N3O/c1-12-3-5-13(6-4-12)11-19(2)16(20)15-9-14(10-17)7-8-18-15/h3-9H,11H2,1-2H3. The van der Waals surface area contributed by atoms with E-state index in [1.165, 1.54) is 17.8 Å². The molecule has 20 heavy (non-hydrogen) atoms. The molecule has 0 saturated heterocycles. The van der Waals surface area contributed by atoms with Gasteiger partial charge >= 0.3 is 0 Å². The summed E-state index contributed by atoms with van der Waals surface area (Å²) in [7, 11) is 1.73. The Morgan fingerprint density at radius 1 is 1.30 bits per heavy atom. The number of pyridine rings is 1. The minimum absolute atomic E-state index is 0.192. The Morgan fingerprint density at radius 2 is 2.00 bits per heavy atom. The smallest absolute Gasteiger partial charge is 0.272 e. The molecule has 4 heteroatoms. The molecule has 0 fully saturated rings. The molecule has 0 saturated carbocycles. The van der Waals surface area contributed by atoms with Crippen molar-refractivity contribution in [3.63, 3.8) is 0 Å². The monoisotopic (exact) mass is 265 g/mol. The van der Waals surface area contributed by atoms with E-state index in [1.807, 2.05) is 37.3 Å². The van der Waals surface area contributed by atoms with Gasteiger partial charge in [0.05, 0.1) is 11.6 Å². The van der Waals surface area contributed by atoms with E-state index >= 15 is 0 Å². The van der Waals surface area contributed by atoms with Gasteiger partial charge in [0.1, 0.15) is 5.69 Å². The summed E-state index contributed by atoms with van der Waals surface area (Å²) in [5, 5.41) is 8.84. The minimum Gasteiger partial charge on any atom is -0.336 e. The van der Waals surface area contributed by atoms with E-state index in [0.717, 1.165) is 5.56 Å². The fourth-order valence-electron chi connectivity index (χ4n) is 1.85. The van der Waals surface area contributed by atoms with Crippen molar-refractivity contribution in [1.29, 1.82) is 5.26 Å². The second-order valence-electron chi connectivity index (χ2n) is 4.69. The first-order valence-electron chi connectivity index (χ1n) is 6.27. The van der Waals surface area contributed by atoms with Crippen LogP contribution in [0.2, 0.25) is 0 Å². The van der Waals surface area contributed by atoms with Crippen LogP contribution in [0.15, 0.2) is 42.6 Å². The van der Waals surface area contributed by atoms with E-state index < -0.39 is 0 Å². The lowest BCUT2D eigenvalue weighted by atomic mass is 10.1. The third-order valence-electron chi connectivity index (χ3n) is 3.00. The molecule has 0 aliphatic rings. The van der Waals surface area contributed by atoms with Gasteiger partial charge in [-0.1, -0.05) is 29.8 Å². The first-order chi connectivity index (χ1) is 9.60. The van der Waals surface area contributed by atoms with Gasteiger partial charge in [-0.05, 0) is 24.6 Å². The maximum Gasteiger partial charge on any atom is 0.272 e. The number of hydrogen-bond acceptors (Lipinski definition) is 3. The van der Waals surface area contributed by atoms with Crippen LogP contribution < -0.4 is 0 Å². The molecule has 1 aromatic carbocycles. The van der Waals surface area contributed by atoms with Gasteiger partial charge in [-0.3, -0.25) is 9.78 Å². The van der Waals surface area contributed by atoms with E-state index in [-0.39, 0.29) is 5.91 Å². The predicted molar refractivity (Wildman–Crippen MR) is 75.9 cm³/mol. The number of aryl methyl sites for hydroxylation is 1. The third-order valence-corrected chi connectivity index (χ3v) is 3.00. The largest absolute Gasteiger partial charge is 0.336 e. The highest BCUT2D eigenvalue weighted by molar-refractivity contribution is 5.92. The predicted octanol–water partition coefficient (Wildman–Crippen LogP) is 2.53. The topological polar surface area (TPSA) is 57.0 Å². The average molecular weight is 265 g/mol. The third kappa shape index (κ3) is 3.21. The van der Waals surface area contributed by atoms with Crippen LogP contribution >= 0.6 is 0 Å². The number of aromatic nitrogens is 1. The summed E-state index contributed by atoms with van der Waals surface area (Å²) in [4.78, 5) is 17.9. The number of carbonyl (C=O) groups is 1. The van der Waals surface area contributed by atoms with Crippen LogP contribution in [-0.4, -0.2) is 22.8 Å². The first-order valence-corrected chi connectivity index (χ1v) is 6.27. The molecule has 1 heterocycles. The molecular formula is C16H15N3O. The van der Waals surface area contributed by atoms with Crippen LogP contribution in [-0.2, 0) is 6.54 Å². The van der Waals surface area contributed by atoms with Gasteiger partial charge < -0.3 is 4.90 Å². The van der Waals surface area contributed by atoms with Crippen molar-refractivity contribution in [2.24, 2.45) is 0 Å². The normalized spacial score (nSPS) is 9.85.